The van der Waals surface area contributed by atoms with Gasteiger partial charge in [0.1, 0.15) is 0 Å². The van der Waals surface area contributed by atoms with E-state index in [0.29, 0.717) is 0 Å². The summed E-state index contributed by atoms with van der Waals surface area (Å²) in [7, 11) is 0. The lowest BCUT2D eigenvalue weighted by molar-refractivity contribution is 0.127. The molecule has 2 fully saturated rings. The number of aliphatic hydroxyl groups is 1. The van der Waals surface area contributed by atoms with Crippen molar-refractivity contribution in [3.63, 3.8) is 0 Å². The van der Waals surface area contributed by atoms with E-state index >= 15 is 0 Å². The molecule has 0 saturated heterocycles. The van der Waals surface area contributed by atoms with Gasteiger partial charge in [0.2, 0.25) is 0 Å². The van der Waals surface area contributed by atoms with E-state index in [9.17, 15) is 5.11 Å². The molecule has 106 valence electrons. The normalized spacial score (nSPS) is 30.2. The highest BCUT2D eigenvalue weighted by Gasteiger charge is 2.40. The Bertz CT molecular complexity index is 635. The quantitative estimate of drug-likeness (QED) is 0.772. The van der Waals surface area contributed by atoms with Gasteiger partial charge in [-0.05, 0) is 81.8 Å². The van der Waals surface area contributed by atoms with Crippen molar-refractivity contribution in [2.45, 2.75) is 38.2 Å². The van der Waals surface area contributed by atoms with E-state index in [-0.39, 0.29) is 6.10 Å². The fraction of sp³-hybridized carbons (Fsp3) is 0.529. The first kappa shape index (κ1) is 13.3. The van der Waals surface area contributed by atoms with Gasteiger partial charge in [0.05, 0.1) is 6.10 Å². The van der Waals surface area contributed by atoms with E-state index in [4.69, 9.17) is 0 Å². The maximum absolute atomic E-state index is 10.7. The second kappa shape index (κ2) is 5.11. The largest absolute Gasteiger partial charge is 0.388 e. The predicted octanol–water partition coefficient (Wildman–Crippen LogP) is 5.52. The van der Waals surface area contributed by atoms with Gasteiger partial charge in [-0.15, -0.1) is 11.3 Å². The molecule has 4 rings (SSSR count). The van der Waals surface area contributed by atoms with E-state index in [1.54, 1.807) is 11.3 Å². The summed E-state index contributed by atoms with van der Waals surface area (Å²) in [5.41, 5.74) is 1.13. The zero-order valence-electron chi connectivity index (χ0n) is 11.4. The number of rotatable bonds is 3. The lowest BCUT2D eigenvalue weighted by atomic mass is 9.83. The molecule has 2 aliphatic carbocycles. The fourth-order valence-electron chi connectivity index (χ4n) is 4.38. The van der Waals surface area contributed by atoms with Crippen molar-refractivity contribution in [3.8, 4) is 0 Å². The summed E-state index contributed by atoms with van der Waals surface area (Å²) in [6.45, 7) is 0. The first-order valence-corrected chi connectivity index (χ1v) is 9.23. The molecule has 1 nitrogen and oxygen atoms in total. The van der Waals surface area contributed by atoms with Gasteiger partial charge in [-0.3, -0.25) is 0 Å². The molecule has 2 bridgehead atoms. The molecule has 2 aliphatic rings. The number of fused-ring (bicyclic) bond motifs is 3. The molecule has 1 heterocycles. The highest BCUT2D eigenvalue weighted by atomic mass is 79.9. The minimum Gasteiger partial charge on any atom is -0.388 e. The molecule has 4 unspecified atom stereocenters. The maximum Gasteiger partial charge on any atom is 0.0806 e. The Morgan fingerprint density at radius 2 is 2.20 bits per heavy atom. The summed E-state index contributed by atoms with van der Waals surface area (Å²) in [6, 6.07) is 6.27. The van der Waals surface area contributed by atoms with Crippen LogP contribution in [0.2, 0.25) is 0 Å². The molecule has 2 aromatic rings. The van der Waals surface area contributed by atoms with Crippen LogP contribution in [0, 0.1) is 17.8 Å². The van der Waals surface area contributed by atoms with Crippen molar-refractivity contribution >= 4 is 37.4 Å². The van der Waals surface area contributed by atoms with E-state index in [0.717, 1.165) is 34.2 Å². The summed E-state index contributed by atoms with van der Waals surface area (Å²) >= 11 is 5.34. The molecule has 4 atom stereocenters. The van der Waals surface area contributed by atoms with Crippen LogP contribution in [0.5, 0.6) is 0 Å². The first-order chi connectivity index (χ1) is 9.72. The third-order valence-corrected chi connectivity index (χ3v) is 7.32. The number of hydrogen-bond acceptors (Lipinski definition) is 2. The molecule has 1 aromatic heterocycles. The number of halogens is 1. The van der Waals surface area contributed by atoms with E-state index in [1.165, 1.54) is 35.8 Å². The van der Waals surface area contributed by atoms with Crippen LogP contribution < -0.4 is 0 Å². The molecular formula is C17H19BrOS. The second-order valence-corrected chi connectivity index (χ2v) is 8.23. The van der Waals surface area contributed by atoms with Crippen molar-refractivity contribution in [1.29, 1.82) is 0 Å². The number of aliphatic hydroxyl groups excluding tert-OH is 1. The van der Waals surface area contributed by atoms with Gasteiger partial charge in [-0.25, -0.2) is 0 Å². The van der Waals surface area contributed by atoms with Crippen molar-refractivity contribution in [2.75, 3.05) is 0 Å². The van der Waals surface area contributed by atoms with Gasteiger partial charge in [0, 0.05) is 9.17 Å². The van der Waals surface area contributed by atoms with Crippen molar-refractivity contribution in [3.05, 3.63) is 33.6 Å². The Hall–Kier alpha value is -0.380. The van der Waals surface area contributed by atoms with Crippen LogP contribution in [-0.4, -0.2) is 5.11 Å². The van der Waals surface area contributed by atoms with Gasteiger partial charge < -0.3 is 5.11 Å². The Kier molecular flexibility index (Phi) is 3.40. The van der Waals surface area contributed by atoms with Gasteiger partial charge in [-0.2, -0.15) is 0 Å². The highest BCUT2D eigenvalue weighted by molar-refractivity contribution is 9.10. The molecule has 3 heteroatoms. The molecular weight excluding hydrogens is 332 g/mol. The van der Waals surface area contributed by atoms with Crippen molar-refractivity contribution in [1.82, 2.24) is 0 Å². The third kappa shape index (κ3) is 2.15. The van der Waals surface area contributed by atoms with Gasteiger partial charge in [-0.1, -0.05) is 18.6 Å². The lowest BCUT2D eigenvalue weighted by Gasteiger charge is -2.24. The molecule has 20 heavy (non-hydrogen) atoms. The molecule has 0 spiro atoms. The van der Waals surface area contributed by atoms with Crippen LogP contribution in [-0.2, 0) is 0 Å². The summed E-state index contributed by atoms with van der Waals surface area (Å²) in [5.74, 6) is 2.61. The van der Waals surface area contributed by atoms with Gasteiger partial charge >= 0.3 is 0 Å². The molecule has 0 radical (unpaired) electrons. The topological polar surface area (TPSA) is 20.2 Å². The van der Waals surface area contributed by atoms with E-state index < -0.39 is 0 Å². The Labute approximate surface area is 132 Å². The zero-order valence-corrected chi connectivity index (χ0v) is 13.8. The summed E-state index contributed by atoms with van der Waals surface area (Å²) < 4.78 is 2.40. The zero-order chi connectivity index (χ0) is 13.7. The summed E-state index contributed by atoms with van der Waals surface area (Å²) in [4.78, 5) is 0. The van der Waals surface area contributed by atoms with Crippen LogP contribution in [0.1, 0.15) is 43.8 Å². The van der Waals surface area contributed by atoms with Gasteiger partial charge in [0.15, 0.2) is 0 Å². The number of hydrogen-bond donors (Lipinski definition) is 1. The fourth-order valence-corrected chi connectivity index (χ4v) is 6.05. The minimum absolute atomic E-state index is 0.289. The second-order valence-electron chi connectivity index (χ2n) is 6.49. The monoisotopic (exact) mass is 350 g/mol. The van der Waals surface area contributed by atoms with Crippen molar-refractivity contribution in [2.24, 2.45) is 17.8 Å². The van der Waals surface area contributed by atoms with Crippen LogP contribution in [0.25, 0.3) is 10.1 Å². The Balaban J connectivity index is 1.58. The van der Waals surface area contributed by atoms with Crippen LogP contribution >= 0.6 is 27.3 Å². The SMILES string of the molecule is OC(CC1CC2CCC1C2)c1csc2c(Br)cccc12. The first-order valence-electron chi connectivity index (χ1n) is 7.56. The lowest BCUT2D eigenvalue weighted by Crippen LogP contribution is -2.14. The standard InChI is InChI=1S/C17H19BrOS/c18-15-3-1-2-13-14(9-20-17(13)15)16(19)8-12-7-10-4-5-11(12)6-10/h1-3,9-12,16,19H,4-8H2. The summed E-state index contributed by atoms with van der Waals surface area (Å²) in [5, 5.41) is 14.0. The predicted molar refractivity (Wildman–Crippen MR) is 88.0 cm³/mol. The smallest absolute Gasteiger partial charge is 0.0806 e. The van der Waals surface area contributed by atoms with Crippen LogP contribution in [0.4, 0.5) is 0 Å². The Morgan fingerprint density at radius 3 is 2.95 bits per heavy atom. The average Bonchev–Trinajstić information content (AvgIpc) is 3.12. The summed E-state index contributed by atoms with van der Waals surface area (Å²) in [6.07, 6.45) is 6.28. The average molecular weight is 351 g/mol. The van der Waals surface area contributed by atoms with Crippen LogP contribution in [0.15, 0.2) is 28.1 Å². The molecule has 0 aliphatic heterocycles. The molecule has 2 saturated carbocycles. The maximum atomic E-state index is 10.7. The number of thiophene rings is 1. The van der Waals surface area contributed by atoms with E-state index in [2.05, 4.69) is 39.5 Å². The van der Waals surface area contributed by atoms with Gasteiger partial charge in [0.25, 0.3) is 0 Å². The molecule has 1 N–H and O–H groups in total. The minimum atomic E-state index is -0.289. The number of benzene rings is 1. The molecule has 0 amide bonds. The highest BCUT2D eigenvalue weighted by Crippen LogP contribution is 2.51. The van der Waals surface area contributed by atoms with Crippen molar-refractivity contribution < 1.29 is 5.11 Å². The third-order valence-electron chi connectivity index (χ3n) is 5.35. The molecule has 1 aromatic carbocycles. The van der Waals surface area contributed by atoms with E-state index in [1.807, 2.05) is 0 Å². The Morgan fingerprint density at radius 1 is 1.30 bits per heavy atom. The van der Waals surface area contributed by atoms with Crippen LogP contribution in [0.3, 0.4) is 0 Å².